The van der Waals surface area contributed by atoms with Crippen molar-refractivity contribution in [3.8, 4) is 0 Å². The van der Waals surface area contributed by atoms with Gasteiger partial charge in [0.25, 0.3) is 0 Å². The smallest absolute Gasteiger partial charge is 0.0623 e. The Hall–Kier alpha value is -0.860. The van der Waals surface area contributed by atoms with E-state index in [2.05, 4.69) is 45.9 Å². The van der Waals surface area contributed by atoms with E-state index in [1.165, 1.54) is 16.7 Å². The first-order chi connectivity index (χ1) is 10.3. The van der Waals surface area contributed by atoms with E-state index in [-0.39, 0.29) is 29.5 Å². The summed E-state index contributed by atoms with van der Waals surface area (Å²) in [6.07, 6.45) is 3.63. The average Bonchev–Trinajstić information content (AvgIpc) is 2.46. The van der Waals surface area contributed by atoms with Crippen molar-refractivity contribution in [1.29, 1.82) is 0 Å². The van der Waals surface area contributed by atoms with Crippen LogP contribution in [0.2, 0.25) is 0 Å². The molecular formula is C20H30O2. The molecule has 0 amide bonds. The summed E-state index contributed by atoms with van der Waals surface area (Å²) in [4.78, 5) is 0. The quantitative estimate of drug-likeness (QED) is 0.873. The molecule has 2 aliphatic rings. The Morgan fingerprint density at radius 3 is 2.59 bits per heavy atom. The monoisotopic (exact) mass is 302 g/mol. The van der Waals surface area contributed by atoms with Gasteiger partial charge in [-0.1, -0.05) is 52.3 Å². The number of aliphatic hydroxyl groups is 2. The van der Waals surface area contributed by atoms with Gasteiger partial charge < -0.3 is 10.2 Å². The summed E-state index contributed by atoms with van der Waals surface area (Å²) in [5.74, 6) is 0.665. The molecule has 0 heterocycles. The van der Waals surface area contributed by atoms with Crippen LogP contribution in [0.25, 0.3) is 0 Å². The summed E-state index contributed by atoms with van der Waals surface area (Å²) in [5.41, 5.74) is 3.90. The molecule has 0 aromatic heterocycles. The van der Waals surface area contributed by atoms with E-state index in [0.717, 1.165) is 25.7 Å². The highest BCUT2D eigenvalue weighted by Gasteiger charge is 2.55. The fourth-order valence-corrected chi connectivity index (χ4v) is 5.35. The van der Waals surface area contributed by atoms with Crippen LogP contribution in [0.1, 0.15) is 69.6 Å². The second kappa shape index (κ2) is 5.35. The Morgan fingerprint density at radius 1 is 1.23 bits per heavy atom. The number of hydrogen-bond acceptors (Lipinski definition) is 2. The molecule has 2 N–H and O–H groups in total. The normalized spacial score (nSPS) is 37.8. The van der Waals surface area contributed by atoms with Crippen LogP contribution in [0.5, 0.6) is 0 Å². The predicted molar refractivity (Wildman–Crippen MR) is 90.1 cm³/mol. The van der Waals surface area contributed by atoms with Gasteiger partial charge in [-0.3, -0.25) is 0 Å². The minimum atomic E-state index is -0.350. The molecule has 0 unspecified atom stereocenters. The molecule has 0 saturated heterocycles. The molecule has 1 aromatic rings. The zero-order chi connectivity index (χ0) is 16.1. The lowest BCUT2D eigenvalue weighted by Gasteiger charge is -2.56. The van der Waals surface area contributed by atoms with Gasteiger partial charge in [0.2, 0.25) is 0 Å². The van der Waals surface area contributed by atoms with Crippen molar-refractivity contribution in [3.05, 3.63) is 34.9 Å². The fourth-order valence-electron chi connectivity index (χ4n) is 5.35. The summed E-state index contributed by atoms with van der Waals surface area (Å²) < 4.78 is 0. The molecule has 2 heteroatoms. The molecular weight excluding hydrogens is 272 g/mol. The maximum absolute atomic E-state index is 10.9. The molecule has 0 aliphatic heterocycles. The Morgan fingerprint density at radius 2 is 1.95 bits per heavy atom. The average molecular weight is 302 g/mol. The molecule has 122 valence electrons. The van der Waals surface area contributed by atoms with Crippen LogP contribution in [0.15, 0.2) is 18.2 Å². The van der Waals surface area contributed by atoms with Crippen molar-refractivity contribution in [2.75, 3.05) is 6.61 Å². The summed E-state index contributed by atoms with van der Waals surface area (Å²) in [5, 5.41) is 20.9. The van der Waals surface area contributed by atoms with Crippen molar-refractivity contribution >= 4 is 0 Å². The van der Waals surface area contributed by atoms with E-state index < -0.39 is 0 Å². The summed E-state index contributed by atoms with van der Waals surface area (Å²) >= 11 is 0. The molecule has 22 heavy (non-hydrogen) atoms. The van der Waals surface area contributed by atoms with Gasteiger partial charge in [-0.2, -0.15) is 0 Å². The molecule has 2 aliphatic carbocycles. The highest BCUT2D eigenvalue weighted by Crippen LogP contribution is 2.57. The maximum atomic E-state index is 10.9. The van der Waals surface area contributed by atoms with Gasteiger partial charge in [0.05, 0.1) is 6.10 Å². The summed E-state index contributed by atoms with van der Waals surface area (Å²) in [6.45, 7) is 9.07. The SMILES string of the molecule is CC(C)c1ccc2c(c1)C[C@H](O)[C@H]1[C@](C)(CO)CCC[C@]21C. The lowest BCUT2D eigenvalue weighted by Crippen LogP contribution is -2.56. The zero-order valence-electron chi connectivity index (χ0n) is 14.4. The van der Waals surface area contributed by atoms with E-state index in [4.69, 9.17) is 0 Å². The van der Waals surface area contributed by atoms with Crippen LogP contribution in [-0.2, 0) is 11.8 Å². The molecule has 0 radical (unpaired) electrons. The van der Waals surface area contributed by atoms with Gasteiger partial charge in [0, 0.05) is 12.5 Å². The first kappa shape index (κ1) is 16.0. The van der Waals surface area contributed by atoms with E-state index in [0.29, 0.717) is 5.92 Å². The van der Waals surface area contributed by atoms with Crippen LogP contribution >= 0.6 is 0 Å². The van der Waals surface area contributed by atoms with Crippen LogP contribution in [0.3, 0.4) is 0 Å². The van der Waals surface area contributed by atoms with Gasteiger partial charge >= 0.3 is 0 Å². The number of rotatable bonds is 2. The van der Waals surface area contributed by atoms with Gasteiger partial charge in [0.15, 0.2) is 0 Å². The largest absolute Gasteiger partial charge is 0.396 e. The van der Waals surface area contributed by atoms with Gasteiger partial charge in [-0.05, 0) is 52.7 Å². The third-order valence-electron chi connectivity index (χ3n) is 6.47. The Bertz CT molecular complexity index is 565. The second-order valence-electron chi connectivity index (χ2n) is 8.40. The lowest BCUT2D eigenvalue weighted by atomic mass is 9.49. The highest BCUT2D eigenvalue weighted by molar-refractivity contribution is 5.43. The molecule has 4 atom stereocenters. The van der Waals surface area contributed by atoms with Crippen molar-refractivity contribution < 1.29 is 10.2 Å². The van der Waals surface area contributed by atoms with Crippen LogP contribution in [0, 0.1) is 11.3 Å². The molecule has 1 saturated carbocycles. The van der Waals surface area contributed by atoms with Crippen LogP contribution in [-0.4, -0.2) is 22.9 Å². The van der Waals surface area contributed by atoms with Crippen molar-refractivity contribution in [2.24, 2.45) is 11.3 Å². The number of benzene rings is 1. The van der Waals surface area contributed by atoms with Crippen molar-refractivity contribution in [2.45, 2.75) is 70.8 Å². The first-order valence-electron chi connectivity index (χ1n) is 8.74. The van der Waals surface area contributed by atoms with E-state index in [9.17, 15) is 10.2 Å². The third-order valence-corrected chi connectivity index (χ3v) is 6.47. The first-order valence-corrected chi connectivity index (χ1v) is 8.74. The predicted octanol–water partition coefficient (Wildman–Crippen LogP) is 3.78. The second-order valence-corrected chi connectivity index (χ2v) is 8.40. The molecule has 1 aromatic carbocycles. The standard InChI is InChI=1S/C20H30O2/c1-13(2)14-6-7-16-15(10-14)11-17(22)18-19(3,12-21)8-5-9-20(16,18)4/h6-7,10,13,17-18,21-22H,5,8-9,11-12H2,1-4H3/t17-,18-,19-,20+/m0/s1. The topological polar surface area (TPSA) is 40.5 Å². The lowest BCUT2D eigenvalue weighted by molar-refractivity contribution is -0.0846. The molecule has 0 bridgehead atoms. The minimum Gasteiger partial charge on any atom is -0.396 e. The van der Waals surface area contributed by atoms with Crippen LogP contribution in [0.4, 0.5) is 0 Å². The number of aliphatic hydroxyl groups excluding tert-OH is 2. The summed E-state index contributed by atoms with van der Waals surface area (Å²) in [7, 11) is 0. The molecule has 2 nitrogen and oxygen atoms in total. The molecule has 3 rings (SSSR count). The Labute approximate surface area is 134 Å². The third kappa shape index (κ3) is 2.23. The van der Waals surface area contributed by atoms with Gasteiger partial charge in [-0.25, -0.2) is 0 Å². The zero-order valence-corrected chi connectivity index (χ0v) is 14.4. The highest BCUT2D eigenvalue weighted by atomic mass is 16.3. The van der Waals surface area contributed by atoms with Crippen molar-refractivity contribution in [3.63, 3.8) is 0 Å². The van der Waals surface area contributed by atoms with Crippen molar-refractivity contribution in [1.82, 2.24) is 0 Å². The molecule has 0 spiro atoms. The van der Waals surface area contributed by atoms with Gasteiger partial charge in [0.1, 0.15) is 0 Å². The molecule has 1 fully saturated rings. The number of fused-ring (bicyclic) bond motifs is 3. The fraction of sp³-hybridized carbons (Fsp3) is 0.700. The van der Waals surface area contributed by atoms with Gasteiger partial charge in [-0.15, -0.1) is 0 Å². The van der Waals surface area contributed by atoms with E-state index in [1.807, 2.05) is 0 Å². The van der Waals surface area contributed by atoms with Crippen LogP contribution < -0.4 is 0 Å². The maximum Gasteiger partial charge on any atom is 0.0623 e. The Kier molecular flexibility index (Phi) is 3.89. The van der Waals surface area contributed by atoms with E-state index >= 15 is 0 Å². The van der Waals surface area contributed by atoms with E-state index in [1.54, 1.807) is 0 Å². The summed E-state index contributed by atoms with van der Waals surface area (Å²) in [6, 6.07) is 6.86. The number of hydrogen-bond donors (Lipinski definition) is 2. The Balaban J connectivity index is 2.11. The minimum absolute atomic E-state index is 0.0156.